The number of carbonyl (C=O) groups excluding carboxylic acids is 2. The third-order valence-electron chi connectivity index (χ3n) is 6.03. The molecule has 198 valence electrons. The van der Waals surface area contributed by atoms with Crippen LogP contribution in [0.4, 0.5) is 0 Å². The monoisotopic (exact) mass is 510 g/mol. The van der Waals surface area contributed by atoms with Gasteiger partial charge in [0.2, 0.25) is 5.91 Å². The molecule has 0 bridgehead atoms. The fourth-order valence-corrected chi connectivity index (χ4v) is 3.90. The molecular weight excluding hydrogens is 476 g/mol. The van der Waals surface area contributed by atoms with Crippen LogP contribution in [0.3, 0.4) is 0 Å². The van der Waals surface area contributed by atoms with Gasteiger partial charge < -0.3 is 20.1 Å². The van der Waals surface area contributed by atoms with Crippen molar-refractivity contribution in [1.29, 1.82) is 0 Å². The molecule has 2 aromatic carbocycles. The number of fused-ring (bicyclic) bond motifs is 1. The number of aromatic nitrogens is 2. The summed E-state index contributed by atoms with van der Waals surface area (Å²) >= 11 is 0. The minimum absolute atomic E-state index is 0.0407. The highest BCUT2D eigenvalue weighted by Crippen LogP contribution is 2.30. The maximum atomic E-state index is 13.5. The summed E-state index contributed by atoms with van der Waals surface area (Å²) in [5.41, 5.74) is 0.231. The minimum Gasteiger partial charge on any atom is -0.493 e. The van der Waals surface area contributed by atoms with E-state index < -0.39 is 11.2 Å². The largest absolute Gasteiger partial charge is 0.493 e. The molecule has 2 N–H and O–H groups in total. The average molecular weight is 511 g/mol. The molecule has 37 heavy (non-hydrogen) atoms. The van der Waals surface area contributed by atoms with Crippen LogP contribution in [0.2, 0.25) is 0 Å². The van der Waals surface area contributed by atoms with Crippen molar-refractivity contribution in [2.45, 2.75) is 59.3 Å². The van der Waals surface area contributed by atoms with Gasteiger partial charge in [0.1, 0.15) is 6.54 Å². The number of amides is 2. The molecule has 10 nitrogen and oxygen atoms in total. The Morgan fingerprint density at radius 1 is 0.919 bits per heavy atom. The van der Waals surface area contributed by atoms with Gasteiger partial charge in [-0.05, 0) is 51.0 Å². The number of carbonyl (C=O) groups is 2. The SMILES string of the molecule is CCC(C)NC(=O)c1ccc(Cn2c(=O)c3cc(OC)c(OC)cc3n(CC(=O)NC(C)C)c2=O)cc1. The molecule has 0 spiro atoms. The van der Waals surface area contributed by atoms with Gasteiger partial charge in [-0.3, -0.25) is 23.5 Å². The summed E-state index contributed by atoms with van der Waals surface area (Å²) in [5.74, 6) is 0.0985. The van der Waals surface area contributed by atoms with Crippen molar-refractivity contribution < 1.29 is 19.1 Å². The zero-order chi connectivity index (χ0) is 27.3. The van der Waals surface area contributed by atoms with E-state index >= 15 is 0 Å². The van der Waals surface area contributed by atoms with Crippen LogP contribution in [0, 0.1) is 0 Å². The first-order chi connectivity index (χ1) is 17.6. The zero-order valence-corrected chi connectivity index (χ0v) is 22.1. The van der Waals surface area contributed by atoms with E-state index in [1.807, 2.05) is 27.7 Å². The van der Waals surface area contributed by atoms with Gasteiger partial charge in [0.05, 0.1) is 31.7 Å². The second kappa shape index (κ2) is 11.8. The van der Waals surface area contributed by atoms with Gasteiger partial charge in [-0.2, -0.15) is 0 Å². The fourth-order valence-electron chi connectivity index (χ4n) is 3.90. The summed E-state index contributed by atoms with van der Waals surface area (Å²) < 4.78 is 13.0. The van der Waals surface area contributed by atoms with Crippen LogP contribution < -0.4 is 31.4 Å². The number of methoxy groups -OCH3 is 2. The molecule has 1 heterocycles. The molecule has 0 aliphatic carbocycles. The Bertz CT molecular complexity index is 1410. The molecule has 1 atom stereocenters. The van der Waals surface area contributed by atoms with E-state index in [2.05, 4.69) is 10.6 Å². The zero-order valence-electron chi connectivity index (χ0n) is 22.1. The summed E-state index contributed by atoms with van der Waals surface area (Å²) in [6, 6.07) is 9.66. The third-order valence-corrected chi connectivity index (χ3v) is 6.03. The first-order valence-electron chi connectivity index (χ1n) is 12.2. The molecule has 1 unspecified atom stereocenters. The molecule has 0 radical (unpaired) electrons. The lowest BCUT2D eigenvalue weighted by atomic mass is 10.1. The quantitative estimate of drug-likeness (QED) is 0.432. The maximum absolute atomic E-state index is 13.5. The topological polar surface area (TPSA) is 121 Å². The molecule has 0 saturated heterocycles. The predicted molar refractivity (Wildman–Crippen MR) is 142 cm³/mol. The van der Waals surface area contributed by atoms with Crippen molar-refractivity contribution in [2.24, 2.45) is 0 Å². The second-order valence-corrected chi connectivity index (χ2v) is 9.19. The number of ether oxygens (including phenoxy) is 2. The van der Waals surface area contributed by atoms with Gasteiger partial charge >= 0.3 is 5.69 Å². The smallest absolute Gasteiger partial charge is 0.332 e. The van der Waals surface area contributed by atoms with E-state index in [0.717, 1.165) is 11.0 Å². The van der Waals surface area contributed by atoms with Gasteiger partial charge in [-0.15, -0.1) is 0 Å². The number of benzene rings is 2. The lowest BCUT2D eigenvalue weighted by Gasteiger charge is -2.17. The molecule has 0 saturated carbocycles. The number of nitrogens with one attached hydrogen (secondary N) is 2. The number of rotatable bonds is 10. The first-order valence-corrected chi connectivity index (χ1v) is 12.2. The summed E-state index contributed by atoms with van der Waals surface area (Å²) in [7, 11) is 2.90. The van der Waals surface area contributed by atoms with Gasteiger partial charge in [0, 0.05) is 23.7 Å². The van der Waals surface area contributed by atoms with Gasteiger partial charge in [0.15, 0.2) is 11.5 Å². The van der Waals surface area contributed by atoms with Gasteiger partial charge in [-0.25, -0.2) is 4.79 Å². The van der Waals surface area contributed by atoms with Crippen molar-refractivity contribution in [3.8, 4) is 11.5 Å². The highest BCUT2D eigenvalue weighted by atomic mass is 16.5. The Hall–Kier alpha value is -4.08. The maximum Gasteiger partial charge on any atom is 0.332 e. The Kier molecular flexibility index (Phi) is 8.75. The second-order valence-electron chi connectivity index (χ2n) is 9.19. The molecule has 3 rings (SSSR count). The van der Waals surface area contributed by atoms with Gasteiger partial charge in [-0.1, -0.05) is 19.1 Å². The van der Waals surface area contributed by atoms with Crippen LogP contribution in [0.1, 0.15) is 50.0 Å². The lowest BCUT2D eigenvalue weighted by Crippen LogP contribution is -2.43. The fraction of sp³-hybridized carbons (Fsp3) is 0.407. The highest BCUT2D eigenvalue weighted by Gasteiger charge is 2.19. The van der Waals surface area contributed by atoms with Crippen molar-refractivity contribution in [1.82, 2.24) is 19.8 Å². The lowest BCUT2D eigenvalue weighted by molar-refractivity contribution is -0.122. The summed E-state index contributed by atoms with van der Waals surface area (Å²) in [5, 5.41) is 5.89. The number of hydrogen-bond donors (Lipinski definition) is 2. The van der Waals surface area contributed by atoms with E-state index in [-0.39, 0.29) is 47.9 Å². The summed E-state index contributed by atoms with van der Waals surface area (Å²) in [4.78, 5) is 52.0. The normalized spacial score (nSPS) is 11.9. The van der Waals surface area contributed by atoms with E-state index in [0.29, 0.717) is 22.6 Å². The molecule has 3 aromatic rings. The average Bonchev–Trinajstić information content (AvgIpc) is 2.87. The predicted octanol–water partition coefficient (Wildman–Crippen LogP) is 2.28. The summed E-state index contributed by atoms with van der Waals surface area (Å²) in [6.45, 7) is 7.23. The first kappa shape index (κ1) is 27.5. The van der Waals surface area contributed by atoms with E-state index in [1.165, 1.54) is 30.9 Å². The third kappa shape index (κ3) is 6.19. The Morgan fingerprint density at radius 2 is 1.54 bits per heavy atom. The van der Waals surface area contributed by atoms with E-state index in [1.54, 1.807) is 24.3 Å². The minimum atomic E-state index is -0.637. The van der Waals surface area contributed by atoms with E-state index in [4.69, 9.17) is 9.47 Å². The number of hydrogen-bond acceptors (Lipinski definition) is 6. The Labute approximate surface area is 215 Å². The molecule has 2 amide bonds. The van der Waals surface area contributed by atoms with Crippen molar-refractivity contribution >= 4 is 22.7 Å². The van der Waals surface area contributed by atoms with Gasteiger partial charge in [0.25, 0.3) is 11.5 Å². The molecule has 1 aromatic heterocycles. The van der Waals surface area contributed by atoms with Crippen LogP contribution >= 0.6 is 0 Å². The number of nitrogens with zero attached hydrogens (tertiary/aromatic N) is 2. The molecule has 0 aliphatic rings. The molecular formula is C27H34N4O6. The van der Waals surface area contributed by atoms with E-state index in [9.17, 15) is 19.2 Å². The van der Waals surface area contributed by atoms with Crippen molar-refractivity contribution in [3.05, 3.63) is 68.4 Å². The standard InChI is InChI=1S/C27H34N4O6/c1-7-17(4)29-25(33)19-10-8-18(9-11-19)14-31-26(34)20-12-22(36-5)23(37-6)13-21(20)30(27(31)35)15-24(32)28-16(2)3/h8-13,16-17H,7,14-15H2,1-6H3,(H,28,32)(H,29,33). The van der Waals surface area contributed by atoms with Crippen LogP contribution in [0.15, 0.2) is 46.0 Å². The molecule has 10 heteroatoms. The van der Waals surface area contributed by atoms with Crippen molar-refractivity contribution in [3.63, 3.8) is 0 Å². The Morgan fingerprint density at radius 3 is 2.11 bits per heavy atom. The highest BCUT2D eigenvalue weighted by molar-refractivity contribution is 5.94. The Balaban J connectivity index is 2.09. The van der Waals surface area contributed by atoms with Crippen LogP contribution in [0.25, 0.3) is 10.9 Å². The van der Waals surface area contributed by atoms with Crippen LogP contribution in [-0.4, -0.2) is 47.3 Å². The molecule has 0 fully saturated rings. The molecule has 0 aliphatic heterocycles. The van der Waals surface area contributed by atoms with Crippen LogP contribution in [-0.2, 0) is 17.9 Å². The van der Waals surface area contributed by atoms with Crippen molar-refractivity contribution in [2.75, 3.05) is 14.2 Å². The van der Waals surface area contributed by atoms with Crippen LogP contribution in [0.5, 0.6) is 11.5 Å². The summed E-state index contributed by atoms with van der Waals surface area (Å²) in [6.07, 6.45) is 0.812.